The van der Waals surface area contributed by atoms with E-state index in [1.165, 1.54) is 0 Å². The van der Waals surface area contributed by atoms with Gasteiger partial charge in [0.15, 0.2) is 0 Å². The molecule has 0 spiro atoms. The van der Waals surface area contributed by atoms with E-state index in [4.69, 9.17) is 4.84 Å². The summed E-state index contributed by atoms with van der Waals surface area (Å²) in [7, 11) is 0. The molecule has 0 saturated heterocycles. The molecule has 0 amide bonds. The number of hydrogen-bond donors (Lipinski definition) is 1. The molecular weight excluding hydrogens is 406 g/mol. The summed E-state index contributed by atoms with van der Waals surface area (Å²) in [4.78, 5) is 18.6. The second-order valence-corrected chi connectivity index (χ2v) is 7.23. The SMILES string of the molecule is O=C(c1ccc(Br)cc1)C1(O)ON=C(c2ccccc2)C1c1ccccc1. The third-order valence-corrected chi connectivity index (χ3v) is 5.11. The van der Waals surface area contributed by atoms with Gasteiger partial charge < -0.3 is 9.94 Å². The predicted octanol–water partition coefficient (Wildman–Crippen LogP) is 4.54. The Hall–Kier alpha value is -2.76. The Kier molecular flexibility index (Phi) is 4.64. The maximum absolute atomic E-state index is 13.2. The molecule has 0 aliphatic carbocycles. The van der Waals surface area contributed by atoms with Crippen molar-refractivity contribution in [3.8, 4) is 0 Å². The fourth-order valence-corrected chi connectivity index (χ4v) is 3.51. The van der Waals surface area contributed by atoms with Crippen LogP contribution in [0.1, 0.15) is 27.4 Å². The number of carbonyl (C=O) groups excluding carboxylic acids is 1. The number of nitrogens with zero attached hydrogens (tertiary/aromatic N) is 1. The second kappa shape index (κ2) is 7.10. The fraction of sp³-hybridized carbons (Fsp3) is 0.0909. The first-order chi connectivity index (χ1) is 13.1. The summed E-state index contributed by atoms with van der Waals surface area (Å²) in [5.74, 6) is -3.38. The Balaban J connectivity index is 1.80. The molecule has 134 valence electrons. The summed E-state index contributed by atoms with van der Waals surface area (Å²) in [5.41, 5.74) is 2.43. The summed E-state index contributed by atoms with van der Waals surface area (Å²) < 4.78 is 0.846. The molecule has 0 radical (unpaired) electrons. The minimum Gasteiger partial charge on any atom is -0.350 e. The zero-order valence-corrected chi connectivity index (χ0v) is 15.8. The number of hydrogen-bond acceptors (Lipinski definition) is 4. The van der Waals surface area contributed by atoms with E-state index < -0.39 is 17.5 Å². The third-order valence-electron chi connectivity index (χ3n) is 4.58. The van der Waals surface area contributed by atoms with Crippen LogP contribution in [0.3, 0.4) is 0 Å². The number of oxime groups is 1. The topological polar surface area (TPSA) is 58.9 Å². The summed E-state index contributed by atoms with van der Waals surface area (Å²) in [5, 5.41) is 15.4. The zero-order valence-electron chi connectivity index (χ0n) is 14.2. The molecule has 3 aromatic carbocycles. The zero-order chi connectivity index (χ0) is 18.9. The lowest BCUT2D eigenvalue weighted by molar-refractivity contribution is -0.155. The van der Waals surface area contributed by atoms with Gasteiger partial charge in [-0.2, -0.15) is 0 Å². The van der Waals surface area contributed by atoms with Crippen LogP contribution in [0.15, 0.2) is 94.6 Å². The highest BCUT2D eigenvalue weighted by Gasteiger charge is 2.54. The molecule has 1 heterocycles. The van der Waals surface area contributed by atoms with Crippen LogP contribution in [0.4, 0.5) is 0 Å². The Morgan fingerprint density at radius 2 is 1.52 bits per heavy atom. The molecule has 2 atom stereocenters. The van der Waals surface area contributed by atoms with Gasteiger partial charge in [0.1, 0.15) is 11.6 Å². The minimum absolute atomic E-state index is 0.353. The Morgan fingerprint density at radius 3 is 2.15 bits per heavy atom. The van der Waals surface area contributed by atoms with Gasteiger partial charge in [-0.15, -0.1) is 0 Å². The number of carbonyl (C=O) groups is 1. The summed E-state index contributed by atoms with van der Waals surface area (Å²) in [6, 6.07) is 25.6. The quantitative estimate of drug-likeness (QED) is 0.629. The van der Waals surface area contributed by atoms with Crippen molar-refractivity contribution in [1.29, 1.82) is 0 Å². The van der Waals surface area contributed by atoms with E-state index in [1.807, 2.05) is 60.7 Å². The minimum atomic E-state index is -2.11. The Labute approximate surface area is 165 Å². The van der Waals surface area contributed by atoms with Crippen molar-refractivity contribution >= 4 is 27.4 Å². The van der Waals surface area contributed by atoms with Crippen molar-refractivity contribution in [2.24, 2.45) is 5.16 Å². The monoisotopic (exact) mass is 421 g/mol. The van der Waals surface area contributed by atoms with Crippen LogP contribution in [0.5, 0.6) is 0 Å². The highest BCUT2D eigenvalue weighted by molar-refractivity contribution is 9.10. The lowest BCUT2D eigenvalue weighted by atomic mass is 9.80. The van der Waals surface area contributed by atoms with Gasteiger partial charge in [0.05, 0.1) is 0 Å². The second-order valence-electron chi connectivity index (χ2n) is 6.31. The molecule has 0 fully saturated rings. The van der Waals surface area contributed by atoms with Crippen molar-refractivity contribution in [3.63, 3.8) is 0 Å². The van der Waals surface area contributed by atoms with E-state index in [2.05, 4.69) is 21.1 Å². The van der Waals surface area contributed by atoms with E-state index in [-0.39, 0.29) is 0 Å². The molecule has 2 unspecified atom stereocenters. The standard InChI is InChI=1S/C22H16BrNO3/c23-18-13-11-17(12-14-18)21(25)22(26)19(15-7-3-1-4-8-15)20(24-27-22)16-9-5-2-6-10-16/h1-14,19,26H. The fourth-order valence-electron chi connectivity index (χ4n) is 3.25. The predicted molar refractivity (Wildman–Crippen MR) is 107 cm³/mol. The molecule has 4 rings (SSSR count). The first-order valence-corrected chi connectivity index (χ1v) is 9.28. The molecular formula is C22H16BrNO3. The number of ketones is 1. The van der Waals surface area contributed by atoms with E-state index >= 15 is 0 Å². The smallest absolute Gasteiger partial charge is 0.310 e. The van der Waals surface area contributed by atoms with Crippen molar-refractivity contribution < 1.29 is 14.7 Å². The molecule has 1 aliphatic rings. The van der Waals surface area contributed by atoms with Crippen LogP contribution in [-0.2, 0) is 4.84 Å². The summed E-state index contributed by atoms with van der Waals surface area (Å²) in [6.07, 6.45) is 0. The van der Waals surface area contributed by atoms with Crippen LogP contribution >= 0.6 is 15.9 Å². The van der Waals surface area contributed by atoms with Gasteiger partial charge in [-0.05, 0) is 17.7 Å². The summed E-state index contributed by atoms with van der Waals surface area (Å²) in [6.45, 7) is 0. The van der Waals surface area contributed by atoms with Crippen LogP contribution in [0.25, 0.3) is 0 Å². The molecule has 3 aromatic rings. The van der Waals surface area contributed by atoms with Crippen LogP contribution in [0.2, 0.25) is 0 Å². The van der Waals surface area contributed by atoms with Crippen molar-refractivity contribution in [2.75, 3.05) is 0 Å². The normalized spacial score (nSPS) is 21.4. The maximum atomic E-state index is 13.2. The highest BCUT2D eigenvalue weighted by atomic mass is 79.9. The van der Waals surface area contributed by atoms with Gasteiger partial charge >= 0.3 is 5.79 Å². The molecule has 1 aliphatic heterocycles. The van der Waals surface area contributed by atoms with Gasteiger partial charge in [0, 0.05) is 15.6 Å². The number of halogens is 1. The van der Waals surface area contributed by atoms with Gasteiger partial charge in [0.2, 0.25) is 5.78 Å². The molecule has 0 aromatic heterocycles. The van der Waals surface area contributed by atoms with Crippen molar-refractivity contribution in [1.82, 2.24) is 0 Å². The van der Waals surface area contributed by atoms with E-state index in [1.54, 1.807) is 24.3 Å². The van der Waals surface area contributed by atoms with E-state index in [0.717, 1.165) is 15.6 Å². The largest absolute Gasteiger partial charge is 0.350 e. The lowest BCUT2D eigenvalue weighted by Crippen LogP contribution is -2.45. The van der Waals surface area contributed by atoms with Gasteiger partial charge in [-0.25, -0.2) is 0 Å². The number of benzene rings is 3. The lowest BCUT2D eigenvalue weighted by Gasteiger charge is -2.27. The van der Waals surface area contributed by atoms with Gasteiger partial charge in [0.25, 0.3) is 0 Å². The first kappa shape index (κ1) is 17.6. The van der Waals surface area contributed by atoms with E-state index in [0.29, 0.717) is 11.3 Å². The van der Waals surface area contributed by atoms with Crippen LogP contribution < -0.4 is 0 Å². The van der Waals surface area contributed by atoms with Crippen molar-refractivity contribution in [2.45, 2.75) is 11.7 Å². The summed E-state index contributed by atoms with van der Waals surface area (Å²) >= 11 is 3.35. The Morgan fingerprint density at radius 1 is 0.926 bits per heavy atom. The highest BCUT2D eigenvalue weighted by Crippen LogP contribution is 2.40. The third kappa shape index (κ3) is 3.20. The number of aliphatic hydroxyl groups is 1. The number of rotatable bonds is 4. The van der Waals surface area contributed by atoms with Crippen molar-refractivity contribution in [3.05, 3.63) is 106 Å². The average Bonchev–Trinajstić information content (AvgIpc) is 3.08. The Bertz CT molecular complexity index is 987. The molecule has 1 N–H and O–H groups in total. The van der Waals surface area contributed by atoms with E-state index in [9.17, 15) is 9.90 Å². The molecule has 0 saturated carbocycles. The van der Waals surface area contributed by atoms with Crippen LogP contribution in [0, 0.1) is 0 Å². The number of Topliss-reactive ketones (excluding diaryl/α,β-unsaturated/α-hetero) is 1. The average molecular weight is 422 g/mol. The van der Waals surface area contributed by atoms with Gasteiger partial charge in [-0.3, -0.25) is 4.79 Å². The molecule has 0 bridgehead atoms. The maximum Gasteiger partial charge on any atom is 0.310 e. The molecule has 5 heteroatoms. The van der Waals surface area contributed by atoms with Gasteiger partial charge in [-0.1, -0.05) is 93.9 Å². The first-order valence-electron chi connectivity index (χ1n) is 8.49. The van der Waals surface area contributed by atoms with Crippen LogP contribution in [-0.4, -0.2) is 22.4 Å². The molecule has 4 nitrogen and oxygen atoms in total. The molecule has 27 heavy (non-hydrogen) atoms.